The number of carbonyl (C=O) groups excluding carboxylic acids is 3. The number of rotatable bonds is 6. The smallest absolute Gasteiger partial charge is 0.312 e. The van der Waals surface area contributed by atoms with E-state index in [-0.39, 0.29) is 24.4 Å². The molecule has 182 valence electrons. The summed E-state index contributed by atoms with van der Waals surface area (Å²) in [5.41, 5.74) is -0.654. The first-order valence-electron chi connectivity index (χ1n) is 10.7. The average Bonchev–Trinajstić information content (AvgIpc) is 3.30. The van der Waals surface area contributed by atoms with Crippen LogP contribution in [0.1, 0.15) is 47.2 Å². The van der Waals surface area contributed by atoms with Crippen LogP contribution in [-0.2, 0) is 23.1 Å². The summed E-state index contributed by atoms with van der Waals surface area (Å²) in [5, 5.41) is 10.4. The van der Waals surface area contributed by atoms with Gasteiger partial charge in [0.25, 0.3) is 5.56 Å². The summed E-state index contributed by atoms with van der Waals surface area (Å²) in [6.07, 6.45) is 1.07. The van der Waals surface area contributed by atoms with Gasteiger partial charge in [-0.2, -0.15) is 0 Å². The van der Waals surface area contributed by atoms with E-state index in [0.29, 0.717) is 24.9 Å². The first-order chi connectivity index (χ1) is 16.1. The van der Waals surface area contributed by atoms with E-state index in [0.717, 1.165) is 4.57 Å². The van der Waals surface area contributed by atoms with Gasteiger partial charge in [0.15, 0.2) is 11.5 Å². The fourth-order valence-corrected chi connectivity index (χ4v) is 3.98. The number of nitrogens with zero attached hydrogens (tertiary/aromatic N) is 4. The van der Waals surface area contributed by atoms with Crippen LogP contribution in [0.4, 0.5) is 4.39 Å². The number of carbonyl (C=O) groups is 3. The minimum atomic E-state index is -0.828. The zero-order chi connectivity index (χ0) is 25.2. The maximum atomic E-state index is 13.4. The molecule has 10 nitrogen and oxygen atoms in total. The van der Waals surface area contributed by atoms with E-state index in [1.54, 1.807) is 0 Å². The summed E-state index contributed by atoms with van der Waals surface area (Å²) in [6.45, 7) is 0.299. The van der Waals surface area contributed by atoms with Crippen LogP contribution >= 0.6 is 0 Å². The Kier molecular flexibility index (Phi) is 7.33. The van der Waals surface area contributed by atoms with E-state index in [4.69, 9.17) is 4.74 Å². The van der Waals surface area contributed by atoms with Crippen LogP contribution in [0.2, 0.25) is 0 Å². The maximum absolute atomic E-state index is 13.4. The molecule has 2 amide bonds. The predicted octanol–water partition coefficient (Wildman–Crippen LogP) is 1.20. The lowest BCUT2D eigenvalue weighted by Crippen LogP contribution is -2.43. The summed E-state index contributed by atoms with van der Waals surface area (Å²) >= 11 is 0. The maximum Gasteiger partial charge on any atom is 0.312 e. The highest BCUT2D eigenvalue weighted by atomic mass is 19.1. The van der Waals surface area contributed by atoms with Crippen LogP contribution in [0, 0.1) is 5.82 Å². The van der Waals surface area contributed by atoms with Crippen LogP contribution in [-0.4, -0.2) is 69.8 Å². The molecule has 11 heteroatoms. The molecular weight excluding hydrogens is 447 g/mol. The Morgan fingerprint density at radius 2 is 2.00 bits per heavy atom. The van der Waals surface area contributed by atoms with Crippen LogP contribution in [0.3, 0.4) is 0 Å². The van der Waals surface area contributed by atoms with Crippen molar-refractivity contribution in [3.63, 3.8) is 0 Å². The van der Waals surface area contributed by atoms with Gasteiger partial charge in [-0.25, -0.2) is 9.37 Å². The third kappa shape index (κ3) is 4.78. The van der Waals surface area contributed by atoms with Gasteiger partial charge in [-0.1, -0.05) is 6.07 Å². The minimum absolute atomic E-state index is 0.114. The Hall–Kier alpha value is -3.76. The number of methoxy groups -OCH3 is 1. The standard InChI is InChI=1S/C23H27FN4O6/c1-26(2)22(32)23(33)28-11-5-6-15(28)20-25-18(19(30)21(31)27(20)3)16(29)10-8-13-7-9-14(24)12-17(13)34-4/h7,9,12,15,30H,5-6,8,10-11H2,1-4H3/t15-/m0/s1. The van der Waals surface area contributed by atoms with Gasteiger partial charge in [-0.15, -0.1) is 0 Å². The molecule has 1 aliphatic heterocycles. The molecule has 0 bridgehead atoms. The SMILES string of the molecule is COc1cc(F)ccc1CCC(=O)c1nc([C@@H]2CCCN2C(=O)C(=O)N(C)C)n(C)c(=O)c1O. The van der Waals surface area contributed by atoms with Crippen molar-refractivity contribution < 1.29 is 28.6 Å². The molecule has 0 aliphatic carbocycles. The van der Waals surface area contributed by atoms with Crippen molar-refractivity contribution in [3.8, 4) is 11.5 Å². The highest BCUT2D eigenvalue weighted by Gasteiger charge is 2.37. The van der Waals surface area contributed by atoms with Gasteiger partial charge in [0.2, 0.25) is 5.75 Å². The molecule has 1 aromatic heterocycles. The Balaban J connectivity index is 1.91. The molecule has 0 spiro atoms. The van der Waals surface area contributed by atoms with Crippen molar-refractivity contribution in [2.75, 3.05) is 27.7 Å². The lowest BCUT2D eigenvalue weighted by atomic mass is 10.0. The predicted molar refractivity (Wildman–Crippen MR) is 119 cm³/mol. The largest absolute Gasteiger partial charge is 0.501 e. The van der Waals surface area contributed by atoms with Gasteiger partial charge in [-0.3, -0.25) is 23.7 Å². The van der Waals surface area contributed by atoms with Crippen LogP contribution in [0.25, 0.3) is 0 Å². The van der Waals surface area contributed by atoms with Gasteiger partial charge in [-0.05, 0) is 30.9 Å². The number of aromatic nitrogens is 2. The van der Waals surface area contributed by atoms with E-state index >= 15 is 0 Å². The number of halogens is 1. The topological polar surface area (TPSA) is 122 Å². The number of ketones is 1. The third-order valence-corrected chi connectivity index (χ3v) is 5.84. The number of amides is 2. The molecule has 1 aliphatic rings. The van der Waals surface area contributed by atoms with Gasteiger partial charge >= 0.3 is 11.8 Å². The molecule has 1 aromatic carbocycles. The molecule has 0 radical (unpaired) electrons. The van der Waals surface area contributed by atoms with Gasteiger partial charge in [0.05, 0.1) is 13.2 Å². The third-order valence-electron chi connectivity index (χ3n) is 5.84. The average molecular weight is 474 g/mol. The first-order valence-corrected chi connectivity index (χ1v) is 10.7. The number of likely N-dealkylation sites (N-methyl/N-ethyl adjacent to an activating group) is 1. The second-order valence-corrected chi connectivity index (χ2v) is 8.27. The number of aryl methyl sites for hydroxylation is 1. The van der Waals surface area contributed by atoms with Gasteiger partial charge < -0.3 is 19.6 Å². The van der Waals surface area contributed by atoms with E-state index < -0.39 is 46.5 Å². The number of Topliss-reactive ketones (excluding diaryl/α,β-unsaturated/α-hetero) is 1. The number of ether oxygens (including phenoxy) is 1. The molecule has 0 unspecified atom stereocenters. The quantitative estimate of drug-likeness (QED) is 0.493. The van der Waals surface area contributed by atoms with Crippen molar-refractivity contribution in [1.82, 2.24) is 19.4 Å². The molecule has 1 N–H and O–H groups in total. The number of benzene rings is 1. The second kappa shape index (κ2) is 10.0. The lowest BCUT2D eigenvalue weighted by molar-refractivity contribution is -0.151. The molecule has 3 rings (SSSR count). The van der Waals surface area contributed by atoms with E-state index in [1.807, 2.05) is 0 Å². The van der Waals surface area contributed by atoms with Crippen molar-refractivity contribution in [3.05, 3.63) is 51.5 Å². The molecule has 1 saturated heterocycles. The van der Waals surface area contributed by atoms with E-state index in [1.165, 1.54) is 56.3 Å². The zero-order valence-corrected chi connectivity index (χ0v) is 19.5. The summed E-state index contributed by atoms with van der Waals surface area (Å²) in [4.78, 5) is 57.2. The van der Waals surface area contributed by atoms with Gasteiger partial charge in [0.1, 0.15) is 17.4 Å². The lowest BCUT2D eigenvalue weighted by Gasteiger charge is -2.26. The zero-order valence-electron chi connectivity index (χ0n) is 19.5. The minimum Gasteiger partial charge on any atom is -0.501 e. The number of hydrogen-bond donors (Lipinski definition) is 1. The van der Waals surface area contributed by atoms with Crippen molar-refractivity contribution >= 4 is 17.6 Å². The molecule has 0 saturated carbocycles. The van der Waals surface area contributed by atoms with Crippen molar-refractivity contribution in [2.24, 2.45) is 7.05 Å². The highest BCUT2D eigenvalue weighted by molar-refractivity contribution is 6.34. The Labute approximate surface area is 195 Å². The van der Waals surface area contributed by atoms with Crippen LogP contribution < -0.4 is 10.3 Å². The number of aromatic hydroxyl groups is 1. The monoisotopic (exact) mass is 474 g/mol. The van der Waals surface area contributed by atoms with Crippen molar-refractivity contribution in [1.29, 1.82) is 0 Å². The van der Waals surface area contributed by atoms with E-state index in [2.05, 4.69) is 4.98 Å². The van der Waals surface area contributed by atoms with Crippen LogP contribution in [0.15, 0.2) is 23.0 Å². The van der Waals surface area contributed by atoms with E-state index in [9.17, 15) is 28.7 Å². The summed E-state index contributed by atoms with van der Waals surface area (Å²) in [6, 6.07) is 3.24. The Morgan fingerprint density at radius 3 is 2.65 bits per heavy atom. The van der Waals surface area contributed by atoms with Crippen molar-refractivity contribution in [2.45, 2.75) is 31.7 Å². The molecule has 1 fully saturated rings. The summed E-state index contributed by atoms with van der Waals surface area (Å²) in [5.74, 6) is -2.91. The highest BCUT2D eigenvalue weighted by Crippen LogP contribution is 2.31. The fraction of sp³-hybridized carbons (Fsp3) is 0.435. The van der Waals surface area contributed by atoms with Crippen LogP contribution in [0.5, 0.6) is 11.5 Å². The first kappa shape index (κ1) is 24.9. The molecule has 2 heterocycles. The second-order valence-electron chi connectivity index (χ2n) is 8.27. The Bertz CT molecular complexity index is 1190. The molecule has 2 aromatic rings. The number of hydrogen-bond acceptors (Lipinski definition) is 7. The molecule has 34 heavy (non-hydrogen) atoms. The normalized spacial score (nSPS) is 15.3. The summed E-state index contributed by atoms with van der Waals surface area (Å²) in [7, 11) is 5.70. The number of likely N-dealkylation sites (tertiary alicyclic amines) is 1. The molecule has 1 atom stereocenters. The molecular formula is C23H27FN4O6. The van der Waals surface area contributed by atoms with Gasteiger partial charge in [0, 0.05) is 40.2 Å². The Morgan fingerprint density at radius 1 is 1.29 bits per heavy atom. The fourth-order valence-electron chi connectivity index (χ4n) is 3.98. The summed E-state index contributed by atoms with van der Waals surface area (Å²) < 4.78 is 19.7.